The average molecular weight is 507 g/mol. The lowest BCUT2D eigenvalue weighted by molar-refractivity contribution is 0.105. The van der Waals surface area contributed by atoms with Crippen LogP contribution in [0.1, 0.15) is 11.3 Å². The molecule has 182 valence electrons. The summed E-state index contributed by atoms with van der Waals surface area (Å²) in [6, 6.07) is 30.0. The molecule has 2 heterocycles. The molecular weight excluding hydrogens is 484 g/mol. The SMILES string of the molecule is COc1ccc(-n2cc(COCc3cc(-c4ccc(Cl)cc4)nc4c3ccc3ccccc34)nn2)cc1. The van der Waals surface area contributed by atoms with Crippen LogP contribution in [0.5, 0.6) is 5.75 Å². The van der Waals surface area contributed by atoms with Crippen LogP contribution >= 0.6 is 11.6 Å². The second-order valence-corrected chi connectivity index (χ2v) is 9.14. The number of rotatable bonds is 7. The summed E-state index contributed by atoms with van der Waals surface area (Å²) in [5, 5.41) is 12.5. The lowest BCUT2D eigenvalue weighted by Gasteiger charge is -2.12. The molecule has 6 rings (SSSR count). The van der Waals surface area contributed by atoms with Gasteiger partial charge in [0.1, 0.15) is 11.4 Å². The van der Waals surface area contributed by atoms with Crippen LogP contribution < -0.4 is 4.74 Å². The van der Waals surface area contributed by atoms with Gasteiger partial charge in [-0.3, -0.25) is 0 Å². The van der Waals surface area contributed by atoms with E-state index in [2.05, 4.69) is 40.6 Å². The summed E-state index contributed by atoms with van der Waals surface area (Å²) in [7, 11) is 1.65. The standard InChI is InChI=1S/C30H23ClN4O2/c1-36-26-13-11-25(12-14-26)35-17-24(33-34-35)19-37-18-22-16-29(21-6-9-23(31)10-7-21)32-30-27-5-3-2-4-20(27)8-15-28(22)30/h2-17H,18-19H2,1H3. The van der Waals surface area contributed by atoms with Crippen LogP contribution in [-0.2, 0) is 18.0 Å². The number of benzene rings is 4. The molecule has 6 nitrogen and oxygen atoms in total. The van der Waals surface area contributed by atoms with E-state index in [1.54, 1.807) is 11.8 Å². The number of nitrogens with zero attached hydrogens (tertiary/aromatic N) is 4. The largest absolute Gasteiger partial charge is 0.497 e. The molecule has 0 unspecified atom stereocenters. The van der Waals surface area contributed by atoms with E-state index in [1.165, 1.54) is 0 Å². The van der Waals surface area contributed by atoms with Crippen LogP contribution in [0.2, 0.25) is 5.02 Å². The number of pyridine rings is 1. The van der Waals surface area contributed by atoms with Gasteiger partial charge in [-0.25, -0.2) is 9.67 Å². The maximum atomic E-state index is 6.14. The Morgan fingerprint density at radius 3 is 2.46 bits per heavy atom. The predicted molar refractivity (Wildman–Crippen MR) is 146 cm³/mol. The highest BCUT2D eigenvalue weighted by molar-refractivity contribution is 6.30. The van der Waals surface area contributed by atoms with Crippen molar-refractivity contribution in [3.05, 3.63) is 113 Å². The third-order valence-corrected chi connectivity index (χ3v) is 6.57. The van der Waals surface area contributed by atoms with E-state index >= 15 is 0 Å². The first-order valence-corrected chi connectivity index (χ1v) is 12.3. The van der Waals surface area contributed by atoms with Gasteiger partial charge >= 0.3 is 0 Å². The van der Waals surface area contributed by atoms with Gasteiger partial charge in [-0.2, -0.15) is 0 Å². The van der Waals surface area contributed by atoms with E-state index in [9.17, 15) is 0 Å². The van der Waals surface area contributed by atoms with Crippen molar-refractivity contribution in [3.8, 4) is 22.7 Å². The minimum Gasteiger partial charge on any atom is -0.497 e. The first kappa shape index (κ1) is 23.2. The number of ether oxygens (including phenoxy) is 2. The van der Waals surface area contributed by atoms with Gasteiger partial charge in [0, 0.05) is 21.4 Å². The fourth-order valence-electron chi connectivity index (χ4n) is 4.41. The Morgan fingerprint density at radius 1 is 0.838 bits per heavy atom. The number of hydrogen-bond donors (Lipinski definition) is 0. The molecule has 6 aromatic rings. The van der Waals surface area contributed by atoms with Crippen molar-refractivity contribution in [2.45, 2.75) is 13.2 Å². The smallest absolute Gasteiger partial charge is 0.119 e. The molecule has 0 aliphatic rings. The Balaban J connectivity index is 1.29. The maximum Gasteiger partial charge on any atom is 0.119 e. The van der Waals surface area contributed by atoms with Gasteiger partial charge in [-0.05, 0) is 53.4 Å². The molecule has 0 atom stereocenters. The zero-order valence-corrected chi connectivity index (χ0v) is 20.9. The van der Waals surface area contributed by atoms with Crippen LogP contribution in [0, 0.1) is 0 Å². The lowest BCUT2D eigenvalue weighted by Crippen LogP contribution is -1.98. The summed E-state index contributed by atoms with van der Waals surface area (Å²) in [5.74, 6) is 0.794. The Morgan fingerprint density at radius 2 is 1.65 bits per heavy atom. The number of methoxy groups -OCH3 is 1. The van der Waals surface area contributed by atoms with Crippen molar-refractivity contribution in [2.75, 3.05) is 7.11 Å². The Hall–Kier alpha value is -4.26. The topological polar surface area (TPSA) is 62.1 Å². The fraction of sp³-hybridized carbons (Fsp3) is 0.100. The van der Waals surface area contributed by atoms with Gasteiger partial charge in [-0.1, -0.05) is 65.3 Å². The van der Waals surface area contributed by atoms with Crippen LogP contribution in [0.25, 0.3) is 38.6 Å². The van der Waals surface area contributed by atoms with E-state index < -0.39 is 0 Å². The maximum absolute atomic E-state index is 6.14. The van der Waals surface area contributed by atoms with Gasteiger partial charge in [0.2, 0.25) is 0 Å². The molecule has 37 heavy (non-hydrogen) atoms. The molecule has 7 heteroatoms. The van der Waals surface area contributed by atoms with Crippen molar-refractivity contribution in [1.29, 1.82) is 0 Å². The average Bonchev–Trinajstić information content (AvgIpc) is 3.42. The summed E-state index contributed by atoms with van der Waals surface area (Å²) < 4.78 is 13.1. The zero-order chi connectivity index (χ0) is 25.2. The molecule has 0 N–H and O–H groups in total. The molecule has 0 bridgehead atoms. The van der Waals surface area contributed by atoms with Crippen LogP contribution in [0.15, 0.2) is 97.2 Å². The molecule has 0 saturated carbocycles. The van der Waals surface area contributed by atoms with Crippen LogP contribution in [0.3, 0.4) is 0 Å². The Labute approximate surface area is 219 Å². The van der Waals surface area contributed by atoms with Crippen molar-refractivity contribution < 1.29 is 9.47 Å². The Bertz CT molecular complexity index is 1700. The van der Waals surface area contributed by atoms with Gasteiger partial charge in [0.15, 0.2) is 0 Å². The van der Waals surface area contributed by atoms with Crippen molar-refractivity contribution in [3.63, 3.8) is 0 Å². The summed E-state index contributed by atoms with van der Waals surface area (Å²) in [4.78, 5) is 5.05. The first-order valence-electron chi connectivity index (χ1n) is 11.9. The minimum absolute atomic E-state index is 0.337. The third-order valence-electron chi connectivity index (χ3n) is 6.32. The molecule has 2 aromatic heterocycles. The number of aromatic nitrogens is 4. The van der Waals surface area contributed by atoms with Crippen molar-refractivity contribution >= 4 is 33.3 Å². The van der Waals surface area contributed by atoms with E-state index in [1.807, 2.05) is 66.9 Å². The second kappa shape index (κ2) is 10.0. The highest BCUT2D eigenvalue weighted by atomic mass is 35.5. The molecule has 0 fully saturated rings. The summed E-state index contributed by atoms with van der Waals surface area (Å²) in [5.41, 5.74) is 5.54. The summed E-state index contributed by atoms with van der Waals surface area (Å²) in [6.45, 7) is 0.747. The minimum atomic E-state index is 0.337. The molecule has 0 saturated heterocycles. The first-order chi connectivity index (χ1) is 18.2. The number of hydrogen-bond acceptors (Lipinski definition) is 5. The number of halogens is 1. The molecule has 0 aliphatic carbocycles. The van der Waals surface area contributed by atoms with Gasteiger partial charge in [0.05, 0.1) is 43.4 Å². The van der Waals surface area contributed by atoms with Crippen LogP contribution in [0.4, 0.5) is 0 Å². The summed E-state index contributed by atoms with van der Waals surface area (Å²) >= 11 is 6.13. The van der Waals surface area contributed by atoms with E-state index in [-0.39, 0.29) is 0 Å². The van der Waals surface area contributed by atoms with E-state index in [0.29, 0.717) is 18.2 Å². The fourth-order valence-corrected chi connectivity index (χ4v) is 4.54. The third kappa shape index (κ3) is 4.77. The molecule has 0 radical (unpaired) electrons. The Kier molecular flexibility index (Phi) is 6.26. The number of fused-ring (bicyclic) bond motifs is 3. The highest BCUT2D eigenvalue weighted by Gasteiger charge is 2.12. The lowest BCUT2D eigenvalue weighted by atomic mass is 10.0. The van der Waals surface area contributed by atoms with Crippen LogP contribution in [-0.4, -0.2) is 27.1 Å². The van der Waals surface area contributed by atoms with Gasteiger partial charge in [0.25, 0.3) is 0 Å². The molecule has 0 spiro atoms. The van der Waals surface area contributed by atoms with E-state index in [4.69, 9.17) is 26.1 Å². The van der Waals surface area contributed by atoms with Crippen molar-refractivity contribution in [2.24, 2.45) is 0 Å². The quantitative estimate of drug-likeness (QED) is 0.218. The van der Waals surface area contributed by atoms with Crippen molar-refractivity contribution in [1.82, 2.24) is 20.0 Å². The predicted octanol–water partition coefficient (Wildman–Crippen LogP) is 7.01. The molecule has 4 aromatic carbocycles. The second-order valence-electron chi connectivity index (χ2n) is 8.70. The monoisotopic (exact) mass is 506 g/mol. The zero-order valence-electron chi connectivity index (χ0n) is 20.1. The molecule has 0 amide bonds. The van der Waals surface area contributed by atoms with Gasteiger partial charge in [-0.15, -0.1) is 5.10 Å². The highest BCUT2D eigenvalue weighted by Crippen LogP contribution is 2.31. The summed E-state index contributed by atoms with van der Waals surface area (Å²) in [6.07, 6.45) is 1.87. The van der Waals surface area contributed by atoms with Gasteiger partial charge < -0.3 is 9.47 Å². The normalized spacial score (nSPS) is 11.3. The molecule has 0 aliphatic heterocycles. The molecular formula is C30H23ClN4O2. The van der Waals surface area contributed by atoms with E-state index in [0.717, 1.165) is 55.6 Å².